The predicted octanol–water partition coefficient (Wildman–Crippen LogP) is 3.30. The summed E-state index contributed by atoms with van der Waals surface area (Å²) in [4.78, 5) is 13.0. The fraction of sp³-hybridized carbons (Fsp3) is 0.632. The first-order chi connectivity index (χ1) is 10.9. The minimum absolute atomic E-state index is 0.121. The Kier molecular flexibility index (Phi) is 5.69. The molecule has 128 valence electrons. The van der Waals surface area contributed by atoms with Gasteiger partial charge >= 0.3 is 0 Å². The fourth-order valence-electron chi connectivity index (χ4n) is 3.00. The molecule has 23 heavy (non-hydrogen) atoms. The molecule has 0 radical (unpaired) electrons. The molecule has 1 saturated heterocycles. The van der Waals surface area contributed by atoms with Crippen LogP contribution in [0.15, 0.2) is 24.3 Å². The van der Waals surface area contributed by atoms with Crippen LogP contribution in [0.1, 0.15) is 45.6 Å². The number of benzene rings is 1. The van der Waals surface area contributed by atoms with E-state index in [2.05, 4.69) is 26.1 Å². The van der Waals surface area contributed by atoms with Gasteiger partial charge in [-0.2, -0.15) is 0 Å². The maximum absolute atomic E-state index is 13.0. The number of hydrogen-bond acceptors (Lipinski definition) is 3. The lowest BCUT2D eigenvalue weighted by atomic mass is 9.73. The average molecular weight is 319 g/mol. The third-order valence-corrected chi connectivity index (χ3v) is 4.58. The molecule has 1 aromatic carbocycles. The van der Waals surface area contributed by atoms with Crippen molar-refractivity contribution in [3.05, 3.63) is 29.8 Å². The molecule has 1 fully saturated rings. The molecule has 1 aromatic rings. The minimum atomic E-state index is -0.484. The van der Waals surface area contributed by atoms with E-state index >= 15 is 0 Å². The Morgan fingerprint density at radius 3 is 2.35 bits per heavy atom. The van der Waals surface area contributed by atoms with Crippen molar-refractivity contribution in [1.82, 2.24) is 5.32 Å². The number of carbonyl (C=O) groups is 1. The van der Waals surface area contributed by atoms with Gasteiger partial charge in [0.25, 0.3) is 0 Å². The van der Waals surface area contributed by atoms with E-state index < -0.39 is 5.41 Å². The monoisotopic (exact) mass is 319 g/mol. The molecule has 1 heterocycles. The molecule has 1 aliphatic rings. The fourth-order valence-corrected chi connectivity index (χ4v) is 3.00. The quantitative estimate of drug-likeness (QED) is 0.906. The first-order valence-electron chi connectivity index (χ1n) is 8.38. The largest absolute Gasteiger partial charge is 0.497 e. The zero-order valence-electron chi connectivity index (χ0n) is 14.8. The van der Waals surface area contributed by atoms with Crippen molar-refractivity contribution in [3.8, 4) is 5.75 Å². The van der Waals surface area contributed by atoms with Crippen LogP contribution in [0.4, 0.5) is 0 Å². The minimum Gasteiger partial charge on any atom is -0.497 e. The van der Waals surface area contributed by atoms with Crippen molar-refractivity contribution in [1.29, 1.82) is 0 Å². The van der Waals surface area contributed by atoms with Gasteiger partial charge in [-0.05, 0) is 42.4 Å². The molecule has 0 spiro atoms. The van der Waals surface area contributed by atoms with E-state index in [9.17, 15) is 4.79 Å². The Morgan fingerprint density at radius 2 is 1.83 bits per heavy atom. The maximum Gasteiger partial charge on any atom is 0.230 e. The van der Waals surface area contributed by atoms with Gasteiger partial charge in [0.2, 0.25) is 5.91 Å². The SMILES string of the molecule is COc1ccc(C2(C(=O)NCCC(C)(C)C)CCOCC2)cc1. The van der Waals surface area contributed by atoms with Gasteiger partial charge in [0, 0.05) is 19.8 Å². The predicted molar refractivity (Wildman–Crippen MR) is 91.8 cm³/mol. The lowest BCUT2D eigenvalue weighted by molar-refractivity contribution is -0.130. The molecule has 0 aliphatic carbocycles. The van der Waals surface area contributed by atoms with Crippen molar-refractivity contribution in [3.63, 3.8) is 0 Å². The molecule has 0 unspecified atom stereocenters. The zero-order chi connectivity index (χ0) is 16.9. The van der Waals surface area contributed by atoms with Crippen LogP contribution >= 0.6 is 0 Å². The lowest BCUT2D eigenvalue weighted by Crippen LogP contribution is -2.48. The summed E-state index contributed by atoms with van der Waals surface area (Å²) in [5.41, 5.74) is 0.786. The second kappa shape index (κ2) is 7.35. The van der Waals surface area contributed by atoms with Gasteiger partial charge in [0.05, 0.1) is 12.5 Å². The summed E-state index contributed by atoms with van der Waals surface area (Å²) in [6, 6.07) is 7.87. The summed E-state index contributed by atoms with van der Waals surface area (Å²) in [5, 5.41) is 3.15. The Balaban J connectivity index is 2.15. The number of carbonyl (C=O) groups excluding carboxylic acids is 1. The second-order valence-electron chi connectivity index (χ2n) is 7.49. The Labute approximate surface area is 139 Å². The van der Waals surface area contributed by atoms with Crippen LogP contribution in [0.2, 0.25) is 0 Å². The molecule has 0 saturated carbocycles. The highest BCUT2D eigenvalue weighted by molar-refractivity contribution is 5.88. The van der Waals surface area contributed by atoms with Gasteiger partial charge in [-0.1, -0.05) is 32.9 Å². The molecular formula is C19H29NO3. The Morgan fingerprint density at radius 1 is 1.22 bits per heavy atom. The molecule has 1 N–H and O–H groups in total. The highest BCUT2D eigenvalue weighted by Crippen LogP contribution is 2.36. The van der Waals surface area contributed by atoms with Crippen LogP contribution in [-0.4, -0.2) is 32.8 Å². The van der Waals surface area contributed by atoms with E-state index in [-0.39, 0.29) is 11.3 Å². The smallest absolute Gasteiger partial charge is 0.230 e. The third kappa shape index (κ3) is 4.47. The number of amides is 1. The standard InChI is InChI=1S/C19H29NO3/c1-18(2,3)9-12-20-17(21)19(10-13-23-14-11-19)15-5-7-16(22-4)8-6-15/h5-8H,9-14H2,1-4H3,(H,20,21). The highest BCUT2D eigenvalue weighted by Gasteiger charge is 2.41. The summed E-state index contributed by atoms with van der Waals surface area (Å²) in [6.07, 6.45) is 2.41. The molecule has 0 bridgehead atoms. The number of rotatable bonds is 5. The van der Waals surface area contributed by atoms with Gasteiger partial charge in [0.15, 0.2) is 0 Å². The first kappa shape index (κ1) is 17.8. The topological polar surface area (TPSA) is 47.6 Å². The molecule has 4 heteroatoms. The van der Waals surface area contributed by atoms with Crippen LogP contribution < -0.4 is 10.1 Å². The van der Waals surface area contributed by atoms with Gasteiger partial charge in [-0.25, -0.2) is 0 Å². The number of hydrogen-bond donors (Lipinski definition) is 1. The first-order valence-corrected chi connectivity index (χ1v) is 8.38. The van der Waals surface area contributed by atoms with E-state index in [0.29, 0.717) is 19.8 Å². The molecule has 0 aromatic heterocycles. The molecule has 0 atom stereocenters. The Hall–Kier alpha value is -1.55. The van der Waals surface area contributed by atoms with Gasteiger partial charge in [0.1, 0.15) is 5.75 Å². The molecular weight excluding hydrogens is 290 g/mol. The van der Waals surface area contributed by atoms with Gasteiger partial charge < -0.3 is 14.8 Å². The van der Waals surface area contributed by atoms with Crippen molar-refractivity contribution in [2.45, 2.75) is 45.4 Å². The van der Waals surface area contributed by atoms with Gasteiger partial charge in [-0.15, -0.1) is 0 Å². The van der Waals surface area contributed by atoms with E-state index in [1.165, 1.54) is 0 Å². The van der Waals surface area contributed by atoms with E-state index in [1.54, 1.807) is 7.11 Å². The van der Waals surface area contributed by atoms with Crippen molar-refractivity contribution < 1.29 is 14.3 Å². The lowest BCUT2D eigenvalue weighted by Gasteiger charge is -2.36. The van der Waals surface area contributed by atoms with Crippen LogP contribution in [0.5, 0.6) is 5.75 Å². The van der Waals surface area contributed by atoms with Crippen LogP contribution in [-0.2, 0) is 14.9 Å². The zero-order valence-corrected chi connectivity index (χ0v) is 14.8. The van der Waals surface area contributed by atoms with Gasteiger partial charge in [-0.3, -0.25) is 4.79 Å². The van der Waals surface area contributed by atoms with Crippen molar-refractivity contribution in [2.24, 2.45) is 5.41 Å². The summed E-state index contributed by atoms with van der Waals surface area (Å²) in [7, 11) is 1.65. The van der Waals surface area contributed by atoms with Crippen LogP contribution in [0.25, 0.3) is 0 Å². The second-order valence-corrected chi connectivity index (χ2v) is 7.49. The highest BCUT2D eigenvalue weighted by atomic mass is 16.5. The van der Waals surface area contributed by atoms with E-state index in [0.717, 1.165) is 30.6 Å². The van der Waals surface area contributed by atoms with E-state index in [4.69, 9.17) is 9.47 Å². The Bertz CT molecular complexity index is 510. The summed E-state index contributed by atoms with van der Waals surface area (Å²) in [6.45, 7) is 8.52. The molecule has 1 aliphatic heterocycles. The summed E-state index contributed by atoms with van der Waals surface area (Å²) < 4.78 is 10.7. The third-order valence-electron chi connectivity index (χ3n) is 4.58. The maximum atomic E-state index is 13.0. The normalized spacial score (nSPS) is 17.6. The summed E-state index contributed by atoms with van der Waals surface area (Å²) in [5.74, 6) is 0.930. The average Bonchev–Trinajstić information content (AvgIpc) is 2.54. The van der Waals surface area contributed by atoms with Crippen molar-refractivity contribution in [2.75, 3.05) is 26.9 Å². The summed E-state index contributed by atoms with van der Waals surface area (Å²) >= 11 is 0. The molecule has 4 nitrogen and oxygen atoms in total. The molecule has 2 rings (SSSR count). The van der Waals surface area contributed by atoms with Crippen LogP contribution in [0, 0.1) is 5.41 Å². The van der Waals surface area contributed by atoms with Crippen LogP contribution in [0.3, 0.4) is 0 Å². The number of methoxy groups -OCH3 is 1. The number of nitrogens with one attached hydrogen (secondary N) is 1. The van der Waals surface area contributed by atoms with Crippen molar-refractivity contribution >= 4 is 5.91 Å². The van der Waals surface area contributed by atoms with E-state index in [1.807, 2.05) is 24.3 Å². The molecule has 1 amide bonds. The number of ether oxygens (including phenoxy) is 2.